The summed E-state index contributed by atoms with van der Waals surface area (Å²) in [5.74, 6) is -4.07. The second-order valence-corrected chi connectivity index (χ2v) is 17.1. The number of carbonyl (C=O) groups excluding carboxylic acids is 6. The standard InChI is InChI=1S/C50H91NO12/c1-5-9-13-17-21-25-31-58-45(52)37-43(38-46(53)59-32-26-22-18-14-10-6-2)41-49(56)62-35-29-51-30-36-63-50(57)42-44(39-47(54)60-33-27-23-19-15-11-7-3)40-48(55)61-34-28-24-20-16-12-8-4/h43-44,51H,5-42H2,1-4H3. The summed E-state index contributed by atoms with van der Waals surface area (Å²) in [6, 6.07) is 0. The van der Waals surface area contributed by atoms with E-state index in [1.54, 1.807) is 0 Å². The van der Waals surface area contributed by atoms with E-state index in [-0.39, 0.29) is 64.8 Å². The molecule has 368 valence electrons. The van der Waals surface area contributed by atoms with Gasteiger partial charge in [-0.1, -0.05) is 156 Å². The van der Waals surface area contributed by atoms with E-state index < -0.39 is 47.7 Å². The van der Waals surface area contributed by atoms with Gasteiger partial charge in [0.2, 0.25) is 0 Å². The van der Waals surface area contributed by atoms with Crippen molar-refractivity contribution in [3.8, 4) is 0 Å². The predicted octanol–water partition coefficient (Wildman–Crippen LogP) is 10.9. The highest BCUT2D eigenvalue weighted by molar-refractivity contribution is 5.77. The summed E-state index contributed by atoms with van der Waals surface area (Å²) in [6.07, 6.45) is 25.0. The summed E-state index contributed by atoms with van der Waals surface area (Å²) in [6.45, 7) is 10.6. The van der Waals surface area contributed by atoms with Crippen LogP contribution in [0.1, 0.15) is 220 Å². The topological polar surface area (TPSA) is 170 Å². The minimum Gasteiger partial charge on any atom is -0.466 e. The average Bonchev–Trinajstić information content (AvgIpc) is 3.24. The molecule has 13 heteroatoms. The fourth-order valence-corrected chi connectivity index (χ4v) is 7.07. The first kappa shape index (κ1) is 59.8. The van der Waals surface area contributed by atoms with Crippen LogP contribution in [0.15, 0.2) is 0 Å². The molecule has 0 saturated carbocycles. The molecule has 0 amide bonds. The van der Waals surface area contributed by atoms with Crippen molar-refractivity contribution in [2.45, 2.75) is 220 Å². The van der Waals surface area contributed by atoms with Gasteiger partial charge in [-0.2, -0.15) is 0 Å². The third kappa shape index (κ3) is 42.5. The Morgan fingerprint density at radius 3 is 0.698 bits per heavy atom. The van der Waals surface area contributed by atoms with Gasteiger partial charge in [-0.15, -0.1) is 0 Å². The third-order valence-electron chi connectivity index (χ3n) is 10.9. The molecule has 0 rings (SSSR count). The molecule has 0 fully saturated rings. The molecule has 0 aromatic carbocycles. The fraction of sp³-hybridized carbons (Fsp3) is 0.880. The predicted molar refractivity (Wildman–Crippen MR) is 247 cm³/mol. The molecule has 0 aromatic heterocycles. The Balaban J connectivity index is 4.81. The van der Waals surface area contributed by atoms with Crippen LogP contribution in [0.4, 0.5) is 0 Å². The molecule has 0 unspecified atom stereocenters. The van der Waals surface area contributed by atoms with E-state index in [2.05, 4.69) is 33.0 Å². The van der Waals surface area contributed by atoms with Crippen LogP contribution in [-0.4, -0.2) is 88.5 Å². The number of esters is 6. The second-order valence-electron chi connectivity index (χ2n) is 17.1. The average molecular weight is 898 g/mol. The minimum atomic E-state index is -0.604. The van der Waals surface area contributed by atoms with Gasteiger partial charge in [-0.3, -0.25) is 28.8 Å². The summed E-state index contributed by atoms with van der Waals surface area (Å²) in [5.41, 5.74) is 0. The van der Waals surface area contributed by atoms with E-state index in [4.69, 9.17) is 28.4 Å². The lowest BCUT2D eigenvalue weighted by Crippen LogP contribution is -2.27. The Morgan fingerprint density at radius 1 is 0.286 bits per heavy atom. The molecule has 0 aliphatic heterocycles. The number of hydrogen-bond donors (Lipinski definition) is 1. The molecule has 0 spiro atoms. The smallest absolute Gasteiger partial charge is 0.306 e. The van der Waals surface area contributed by atoms with Crippen LogP contribution in [0, 0.1) is 11.8 Å². The summed E-state index contributed by atoms with van der Waals surface area (Å²) >= 11 is 0. The number of hydrogen-bond acceptors (Lipinski definition) is 13. The number of nitrogens with one attached hydrogen (secondary N) is 1. The zero-order valence-corrected chi connectivity index (χ0v) is 40.4. The third-order valence-corrected chi connectivity index (χ3v) is 10.9. The highest BCUT2D eigenvalue weighted by Gasteiger charge is 2.25. The quantitative estimate of drug-likeness (QED) is 0.0348. The maximum atomic E-state index is 12.8. The summed E-state index contributed by atoms with van der Waals surface area (Å²) in [5, 5.41) is 3.06. The lowest BCUT2D eigenvalue weighted by molar-refractivity contribution is -0.152. The number of ether oxygens (including phenoxy) is 6. The molecule has 0 radical (unpaired) electrons. The van der Waals surface area contributed by atoms with Crippen molar-refractivity contribution in [1.29, 1.82) is 0 Å². The first-order chi connectivity index (χ1) is 30.6. The van der Waals surface area contributed by atoms with Crippen LogP contribution >= 0.6 is 0 Å². The summed E-state index contributed by atoms with van der Waals surface area (Å²) in [4.78, 5) is 76.2. The van der Waals surface area contributed by atoms with Crippen LogP contribution in [-0.2, 0) is 57.2 Å². The van der Waals surface area contributed by atoms with Crippen molar-refractivity contribution in [1.82, 2.24) is 5.32 Å². The van der Waals surface area contributed by atoms with Crippen LogP contribution in [0.5, 0.6) is 0 Å². The van der Waals surface area contributed by atoms with Crippen molar-refractivity contribution in [2.75, 3.05) is 52.7 Å². The first-order valence-electron chi connectivity index (χ1n) is 25.3. The van der Waals surface area contributed by atoms with Gasteiger partial charge in [0.25, 0.3) is 0 Å². The maximum absolute atomic E-state index is 12.8. The van der Waals surface area contributed by atoms with Crippen molar-refractivity contribution >= 4 is 35.8 Å². The van der Waals surface area contributed by atoms with Crippen LogP contribution in [0.25, 0.3) is 0 Å². The van der Waals surface area contributed by atoms with Gasteiger partial charge in [0, 0.05) is 51.6 Å². The van der Waals surface area contributed by atoms with Crippen molar-refractivity contribution in [2.24, 2.45) is 11.8 Å². The van der Waals surface area contributed by atoms with Gasteiger partial charge < -0.3 is 33.7 Å². The summed E-state index contributed by atoms with van der Waals surface area (Å²) in [7, 11) is 0. The van der Waals surface area contributed by atoms with Crippen molar-refractivity contribution < 1.29 is 57.2 Å². The monoisotopic (exact) mass is 898 g/mol. The maximum Gasteiger partial charge on any atom is 0.306 e. The largest absolute Gasteiger partial charge is 0.466 e. The SMILES string of the molecule is CCCCCCCCOC(=O)CC(CC(=O)OCCCCCCCC)CC(=O)OCCNCCOC(=O)CC(CC(=O)OCCCCCCCC)CC(=O)OCCCCCCCC. The Kier molecular flexibility index (Phi) is 43.0. The Bertz CT molecular complexity index is 998. The zero-order valence-electron chi connectivity index (χ0n) is 40.4. The molecule has 13 nitrogen and oxygen atoms in total. The molecule has 1 N–H and O–H groups in total. The van der Waals surface area contributed by atoms with Crippen molar-refractivity contribution in [3.05, 3.63) is 0 Å². The fourth-order valence-electron chi connectivity index (χ4n) is 7.07. The first-order valence-corrected chi connectivity index (χ1v) is 25.3. The lowest BCUT2D eigenvalue weighted by atomic mass is 9.97. The van der Waals surface area contributed by atoms with E-state index in [0.29, 0.717) is 26.4 Å². The van der Waals surface area contributed by atoms with E-state index in [1.165, 1.54) is 77.0 Å². The van der Waals surface area contributed by atoms with E-state index >= 15 is 0 Å². The molecule has 63 heavy (non-hydrogen) atoms. The van der Waals surface area contributed by atoms with Gasteiger partial charge in [-0.05, 0) is 37.5 Å². The molecule has 0 aliphatic carbocycles. The Labute approximate surface area is 382 Å². The van der Waals surface area contributed by atoms with Gasteiger partial charge >= 0.3 is 35.8 Å². The van der Waals surface area contributed by atoms with Gasteiger partial charge in [0.05, 0.1) is 26.4 Å². The number of carbonyl (C=O) groups is 6. The minimum absolute atomic E-state index is 0.0359. The van der Waals surface area contributed by atoms with E-state index in [9.17, 15) is 28.8 Å². The second kappa shape index (κ2) is 45.4. The molecular formula is C50H91NO12. The Morgan fingerprint density at radius 2 is 0.476 bits per heavy atom. The molecule has 0 aliphatic rings. The normalized spacial score (nSPS) is 11.1. The molecular weight excluding hydrogens is 807 g/mol. The van der Waals surface area contributed by atoms with Crippen molar-refractivity contribution in [3.63, 3.8) is 0 Å². The molecule has 0 aromatic rings. The van der Waals surface area contributed by atoms with Gasteiger partial charge in [0.1, 0.15) is 13.2 Å². The molecule has 0 saturated heterocycles. The molecule has 0 atom stereocenters. The van der Waals surface area contributed by atoms with Gasteiger partial charge in [-0.25, -0.2) is 0 Å². The number of rotatable bonds is 46. The Hall–Kier alpha value is -3.22. The molecule has 0 heterocycles. The summed E-state index contributed by atoms with van der Waals surface area (Å²) < 4.78 is 32.5. The zero-order chi connectivity index (χ0) is 46.4. The van der Waals surface area contributed by atoms with E-state index in [1.807, 2.05) is 0 Å². The van der Waals surface area contributed by atoms with Crippen LogP contribution < -0.4 is 5.32 Å². The highest BCUT2D eigenvalue weighted by Crippen LogP contribution is 2.19. The van der Waals surface area contributed by atoms with Crippen LogP contribution in [0.3, 0.4) is 0 Å². The number of unbranched alkanes of at least 4 members (excludes halogenated alkanes) is 20. The molecule has 0 bridgehead atoms. The van der Waals surface area contributed by atoms with Crippen LogP contribution in [0.2, 0.25) is 0 Å². The lowest BCUT2D eigenvalue weighted by Gasteiger charge is -2.16. The van der Waals surface area contributed by atoms with E-state index in [0.717, 1.165) is 77.0 Å². The highest BCUT2D eigenvalue weighted by atomic mass is 16.6. The van der Waals surface area contributed by atoms with Gasteiger partial charge in [0.15, 0.2) is 0 Å².